The molecule has 7 nitrogen and oxygen atoms in total. The molecule has 0 amide bonds. The van der Waals surface area contributed by atoms with E-state index in [2.05, 4.69) is 76.8 Å². The van der Waals surface area contributed by atoms with Crippen molar-refractivity contribution in [2.75, 3.05) is 32.7 Å². The van der Waals surface area contributed by atoms with Crippen LogP contribution < -0.4 is 10.6 Å². The second-order valence-corrected chi connectivity index (χ2v) is 8.12. The molecule has 1 unspecified atom stereocenters. The Labute approximate surface area is 203 Å². The summed E-state index contributed by atoms with van der Waals surface area (Å²) in [5.74, 6) is 2.65. The molecule has 2 aromatic rings. The van der Waals surface area contributed by atoms with Crippen molar-refractivity contribution in [3.8, 4) is 0 Å². The van der Waals surface area contributed by atoms with Crippen LogP contribution in [0.15, 0.2) is 39.8 Å². The number of halogens is 1. The van der Waals surface area contributed by atoms with Crippen LogP contribution >= 0.6 is 24.0 Å². The number of benzene rings is 1. The van der Waals surface area contributed by atoms with E-state index in [1.165, 1.54) is 18.4 Å². The number of hydrogen-bond acceptors (Lipinski definition) is 5. The van der Waals surface area contributed by atoms with Gasteiger partial charge < -0.3 is 15.2 Å². The lowest BCUT2D eigenvalue weighted by Gasteiger charge is -2.27. The maximum atomic E-state index is 5.33. The molecule has 2 N–H and O–H groups in total. The second kappa shape index (κ2) is 13.7. The highest BCUT2D eigenvalue weighted by molar-refractivity contribution is 14.0. The van der Waals surface area contributed by atoms with Crippen molar-refractivity contribution >= 4 is 29.9 Å². The Bertz CT molecular complexity index is 773. The SMILES string of the molecule is CCNC(=NCC(c1ccccc1)N1CCCC1)NCCCc1nc(C(C)C)no1.I. The number of aliphatic imine (C=N–C) groups is 1. The molecule has 1 aromatic heterocycles. The molecule has 1 saturated heterocycles. The van der Waals surface area contributed by atoms with E-state index in [1.807, 2.05) is 0 Å². The molecule has 0 aliphatic carbocycles. The molecule has 0 saturated carbocycles. The van der Waals surface area contributed by atoms with Gasteiger partial charge in [0.15, 0.2) is 11.8 Å². The highest BCUT2D eigenvalue weighted by Gasteiger charge is 2.23. The summed E-state index contributed by atoms with van der Waals surface area (Å²) in [4.78, 5) is 11.9. The number of likely N-dealkylation sites (tertiary alicyclic amines) is 1. The molecule has 8 heteroatoms. The topological polar surface area (TPSA) is 78.6 Å². The Balaban J connectivity index is 0.00000341. The normalized spacial score (nSPS) is 15.7. The number of rotatable bonds is 10. The molecule has 1 aliphatic rings. The van der Waals surface area contributed by atoms with Crippen LogP contribution in [0, 0.1) is 0 Å². The zero-order valence-corrected chi connectivity index (χ0v) is 21.3. The molecule has 1 aliphatic heterocycles. The van der Waals surface area contributed by atoms with Crippen molar-refractivity contribution in [2.24, 2.45) is 4.99 Å². The summed E-state index contributed by atoms with van der Waals surface area (Å²) in [6.07, 6.45) is 4.24. The van der Waals surface area contributed by atoms with Crippen LogP contribution in [-0.2, 0) is 6.42 Å². The summed E-state index contributed by atoms with van der Waals surface area (Å²) < 4.78 is 5.33. The maximum absolute atomic E-state index is 5.33. The zero-order valence-electron chi connectivity index (χ0n) is 19.0. The average molecular weight is 540 g/mol. The number of nitrogens with zero attached hydrogens (tertiary/aromatic N) is 4. The molecule has 0 radical (unpaired) electrons. The van der Waals surface area contributed by atoms with E-state index in [9.17, 15) is 0 Å². The Kier molecular flexibility index (Phi) is 11.3. The minimum Gasteiger partial charge on any atom is -0.357 e. The smallest absolute Gasteiger partial charge is 0.226 e. The number of nitrogens with one attached hydrogen (secondary N) is 2. The lowest BCUT2D eigenvalue weighted by Crippen LogP contribution is -2.39. The first-order valence-electron chi connectivity index (χ1n) is 11.3. The minimum atomic E-state index is 0. The van der Waals surface area contributed by atoms with Gasteiger partial charge in [-0.25, -0.2) is 0 Å². The fourth-order valence-electron chi connectivity index (χ4n) is 3.73. The summed E-state index contributed by atoms with van der Waals surface area (Å²) >= 11 is 0. The predicted octanol–water partition coefficient (Wildman–Crippen LogP) is 4.14. The van der Waals surface area contributed by atoms with Crippen molar-refractivity contribution < 1.29 is 4.52 Å². The van der Waals surface area contributed by atoms with Crippen molar-refractivity contribution in [1.29, 1.82) is 0 Å². The summed E-state index contributed by atoms with van der Waals surface area (Å²) in [7, 11) is 0. The van der Waals surface area contributed by atoms with Gasteiger partial charge in [-0.15, -0.1) is 24.0 Å². The van der Waals surface area contributed by atoms with E-state index in [-0.39, 0.29) is 24.0 Å². The third-order valence-electron chi connectivity index (χ3n) is 5.39. The summed E-state index contributed by atoms with van der Waals surface area (Å²) in [6, 6.07) is 11.1. The Morgan fingerprint density at radius 2 is 1.90 bits per heavy atom. The molecule has 172 valence electrons. The second-order valence-electron chi connectivity index (χ2n) is 8.12. The third-order valence-corrected chi connectivity index (χ3v) is 5.39. The van der Waals surface area contributed by atoms with Crippen LogP contribution in [-0.4, -0.2) is 53.7 Å². The third kappa shape index (κ3) is 8.07. The summed E-state index contributed by atoms with van der Waals surface area (Å²) in [5.41, 5.74) is 1.34. The first kappa shape index (κ1) is 25.6. The van der Waals surface area contributed by atoms with Crippen molar-refractivity contribution in [3.63, 3.8) is 0 Å². The van der Waals surface area contributed by atoms with E-state index >= 15 is 0 Å². The fraction of sp³-hybridized carbons (Fsp3) is 0.609. The van der Waals surface area contributed by atoms with Crippen molar-refractivity contribution in [3.05, 3.63) is 47.6 Å². The molecule has 1 atom stereocenters. The van der Waals surface area contributed by atoms with Gasteiger partial charge in [0.05, 0.1) is 12.6 Å². The molecular formula is C23H37IN6O. The molecule has 2 heterocycles. The van der Waals surface area contributed by atoms with Gasteiger partial charge in [-0.3, -0.25) is 9.89 Å². The lowest BCUT2D eigenvalue weighted by molar-refractivity contribution is 0.251. The lowest BCUT2D eigenvalue weighted by atomic mass is 10.1. The van der Waals surface area contributed by atoms with Gasteiger partial charge in [-0.1, -0.05) is 49.3 Å². The molecule has 31 heavy (non-hydrogen) atoms. The molecule has 3 rings (SSSR count). The van der Waals surface area contributed by atoms with Crippen molar-refractivity contribution in [1.82, 2.24) is 25.7 Å². The highest BCUT2D eigenvalue weighted by Crippen LogP contribution is 2.25. The summed E-state index contributed by atoms with van der Waals surface area (Å²) in [5, 5.41) is 10.8. The van der Waals surface area contributed by atoms with Gasteiger partial charge in [0.25, 0.3) is 0 Å². The predicted molar refractivity (Wildman–Crippen MR) is 136 cm³/mol. The number of hydrogen-bond donors (Lipinski definition) is 2. The van der Waals surface area contributed by atoms with Crippen LogP contribution in [0.2, 0.25) is 0 Å². The van der Waals surface area contributed by atoms with Crippen LogP contribution in [0.1, 0.15) is 69.3 Å². The van der Waals surface area contributed by atoms with Gasteiger partial charge >= 0.3 is 0 Å². The Morgan fingerprint density at radius 1 is 1.16 bits per heavy atom. The highest BCUT2D eigenvalue weighted by atomic mass is 127. The molecule has 0 bridgehead atoms. The first-order chi connectivity index (χ1) is 14.7. The van der Waals surface area contributed by atoms with E-state index < -0.39 is 0 Å². The van der Waals surface area contributed by atoms with Gasteiger partial charge in [-0.05, 0) is 44.8 Å². The molecule has 1 aromatic carbocycles. The van der Waals surface area contributed by atoms with E-state index in [0.29, 0.717) is 17.9 Å². The van der Waals surface area contributed by atoms with E-state index in [0.717, 1.165) is 57.3 Å². The standard InChI is InChI=1S/C23H36N6O.HI/c1-4-24-23(25-14-10-13-21-27-22(18(2)3)28-30-21)26-17-20(29-15-8-9-16-29)19-11-6-5-7-12-19;/h5-7,11-12,18,20H,4,8-10,13-17H2,1-3H3,(H2,24,25,26);1H. The van der Waals surface area contributed by atoms with Gasteiger partial charge in [-0.2, -0.15) is 4.98 Å². The minimum absolute atomic E-state index is 0. The largest absolute Gasteiger partial charge is 0.357 e. The monoisotopic (exact) mass is 540 g/mol. The number of aromatic nitrogens is 2. The quantitative estimate of drug-likeness (QED) is 0.204. The fourth-order valence-corrected chi connectivity index (χ4v) is 3.73. The Hall–Kier alpha value is -1.68. The van der Waals surface area contributed by atoms with Crippen LogP contribution in [0.4, 0.5) is 0 Å². The van der Waals surface area contributed by atoms with Gasteiger partial charge in [0.2, 0.25) is 5.89 Å². The van der Waals surface area contributed by atoms with Gasteiger partial charge in [0.1, 0.15) is 0 Å². The maximum Gasteiger partial charge on any atom is 0.226 e. The van der Waals surface area contributed by atoms with Crippen LogP contribution in [0.5, 0.6) is 0 Å². The number of guanidine groups is 1. The average Bonchev–Trinajstić information content (AvgIpc) is 3.44. The van der Waals surface area contributed by atoms with E-state index in [1.54, 1.807) is 0 Å². The molecule has 0 spiro atoms. The molecular weight excluding hydrogens is 503 g/mol. The summed E-state index contributed by atoms with van der Waals surface area (Å²) in [6.45, 7) is 10.9. The van der Waals surface area contributed by atoms with Gasteiger partial charge in [0, 0.05) is 25.4 Å². The zero-order chi connectivity index (χ0) is 21.2. The van der Waals surface area contributed by atoms with Crippen LogP contribution in [0.3, 0.4) is 0 Å². The molecule has 1 fully saturated rings. The van der Waals surface area contributed by atoms with E-state index in [4.69, 9.17) is 9.52 Å². The Morgan fingerprint density at radius 3 is 2.55 bits per heavy atom. The van der Waals surface area contributed by atoms with Crippen molar-refractivity contribution in [2.45, 2.75) is 58.4 Å². The first-order valence-corrected chi connectivity index (χ1v) is 11.3. The number of aryl methyl sites for hydroxylation is 1. The van der Waals surface area contributed by atoms with Crippen LogP contribution in [0.25, 0.3) is 0 Å².